The first-order valence-electron chi connectivity index (χ1n) is 8.70. The van der Waals surface area contributed by atoms with Crippen LogP contribution in [0.25, 0.3) is 0 Å². The third kappa shape index (κ3) is 3.87. The standard InChI is InChI=1S/C20H30N2O3/c1-13-10-8-9-11-14(13)16-17(25-12-15(23)22(16)7)18(24)21-20(5,6)19(2,3)4/h8-11,16-17H,12H2,1-7H3,(H,21,24). The molecule has 25 heavy (non-hydrogen) atoms. The van der Waals surface area contributed by atoms with Crippen molar-refractivity contribution in [1.29, 1.82) is 0 Å². The van der Waals surface area contributed by atoms with Crippen LogP contribution in [0.2, 0.25) is 0 Å². The summed E-state index contributed by atoms with van der Waals surface area (Å²) in [6, 6.07) is 7.37. The van der Waals surface area contributed by atoms with E-state index in [0.717, 1.165) is 11.1 Å². The van der Waals surface area contributed by atoms with Crippen LogP contribution < -0.4 is 5.32 Å². The maximum atomic E-state index is 13.0. The van der Waals surface area contributed by atoms with Crippen LogP contribution in [-0.4, -0.2) is 42.0 Å². The van der Waals surface area contributed by atoms with Gasteiger partial charge in [-0.05, 0) is 37.3 Å². The summed E-state index contributed by atoms with van der Waals surface area (Å²) in [5, 5.41) is 3.12. The zero-order chi connectivity index (χ0) is 19.0. The summed E-state index contributed by atoms with van der Waals surface area (Å²) in [5.74, 6) is -0.306. The fraction of sp³-hybridized carbons (Fsp3) is 0.600. The Morgan fingerprint density at radius 1 is 1.20 bits per heavy atom. The summed E-state index contributed by atoms with van der Waals surface area (Å²) in [5.41, 5.74) is 1.44. The Balaban J connectivity index is 2.35. The van der Waals surface area contributed by atoms with Gasteiger partial charge in [-0.2, -0.15) is 0 Å². The van der Waals surface area contributed by atoms with Gasteiger partial charge in [-0.15, -0.1) is 0 Å². The number of aryl methyl sites for hydroxylation is 1. The zero-order valence-electron chi connectivity index (χ0n) is 16.3. The number of hydrogen-bond acceptors (Lipinski definition) is 3. The van der Waals surface area contributed by atoms with E-state index in [2.05, 4.69) is 26.1 Å². The van der Waals surface area contributed by atoms with Gasteiger partial charge in [0.15, 0.2) is 6.10 Å². The van der Waals surface area contributed by atoms with E-state index in [1.54, 1.807) is 11.9 Å². The van der Waals surface area contributed by atoms with Crippen LogP contribution >= 0.6 is 0 Å². The van der Waals surface area contributed by atoms with Crippen molar-refractivity contribution in [2.45, 2.75) is 59.2 Å². The molecule has 2 amide bonds. The number of nitrogens with zero attached hydrogens (tertiary/aromatic N) is 1. The lowest BCUT2D eigenvalue weighted by atomic mass is 9.76. The monoisotopic (exact) mass is 346 g/mol. The molecule has 0 bridgehead atoms. The average molecular weight is 346 g/mol. The van der Waals surface area contributed by atoms with E-state index in [1.807, 2.05) is 45.0 Å². The lowest BCUT2D eigenvalue weighted by Crippen LogP contribution is -2.59. The maximum absolute atomic E-state index is 13.0. The number of carbonyl (C=O) groups excluding carboxylic acids is 2. The highest BCUT2D eigenvalue weighted by Crippen LogP contribution is 2.33. The highest BCUT2D eigenvalue weighted by Gasteiger charge is 2.43. The van der Waals surface area contributed by atoms with Crippen molar-refractivity contribution in [2.24, 2.45) is 5.41 Å². The summed E-state index contributed by atoms with van der Waals surface area (Å²) in [4.78, 5) is 26.8. The Morgan fingerprint density at radius 3 is 2.36 bits per heavy atom. The van der Waals surface area contributed by atoms with E-state index < -0.39 is 17.7 Å². The molecule has 2 atom stereocenters. The van der Waals surface area contributed by atoms with Crippen LogP contribution in [0, 0.1) is 12.3 Å². The summed E-state index contributed by atoms with van der Waals surface area (Å²) < 4.78 is 5.70. The van der Waals surface area contributed by atoms with Crippen molar-refractivity contribution in [3.8, 4) is 0 Å². The molecular weight excluding hydrogens is 316 g/mol. The molecular formula is C20H30N2O3. The van der Waals surface area contributed by atoms with Gasteiger partial charge in [-0.1, -0.05) is 45.0 Å². The summed E-state index contributed by atoms with van der Waals surface area (Å²) in [6.45, 7) is 12.2. The van der Waals surface area contributed by atoms with Gasteiger partial charge >= 0.3 is 0 Å². The van der Waals surface area contributed by atoms with Crippen LogP contribution in [0.3, 0.4) is 0 Å². The number of carbonyl (C=O) groups is 2. The highest BCUT2D eigenvalue weighted by molar-refractivity contribution is 5.86. The number of benzene rings is 1. The van der Waals surface area contributed by atoms with Crippen molar-refractivity contribution in [3.05, 3.63) is 35.4 Å². The molecule has 1 aromatic rings. The van der Waals surface area contributed by atoms with Gasteiger partial charge < -0.3 is 15.0 Å². The lowest BCUT2D eigenvalue weighted by Gasteiger charge is -2.43. The molecule has 2 unspecified atom stereocenters. The number of morpholine rings is 1. The fourth-order valence-corrected chi connectivity index (χ4v) is 2.79. The Hall–Kier alpha value is -1.88. The molecule has 0 spiro atoms. The molecule has 0 saturated carbocycles. The van der Waals surface area contributed by atoms with E-state index in [4.69, 9.17) is 4.74 Å². The Bertz CT molecular complexity index is 661. The minimum Gasteiger partial charge on any atom is -0.356 e. The number of amides is 2. The van der Waals surface area contributed by atoms with E-state index >= 15 is 0 Å². The van der Waals surface area contributed by atoms with Crippen LogP contribution in [0.15, 0.2) is 24.3 Å². The topological polar surface area (TPSA) is 58.6 Å². The molecule has 1 fully saturated rings. The van der Waals surface area contributed by atoms with Crippen LogP contribution in [-0.2, 0) is 14.3 Å². The SMILES string of the molecule is Cc1ccccc1C1C(C(=O)NC(C)(C)C(C)(C)C)OCC(=O)N1C. The smallest absolute Gasteiger partial charge is 0.252 e. The molecule has 1 aromatic carbocycles. The van der Waals surface area contributed by atoms with E-state index in [0.29, 0.717) is 0 Å². The molecule has 138 valence electrons. The predicted molar refractivity (Wildman–Crippen MR) is 98.1 cm³/mol. The van der Waals surface area contributed by atoms with Gasteiger partial charge in [0.1, 0.15) is 6.61 Å². The second kappa shape index (κ2) is 6.79. The largest absolute Gasteiger partial charge is 0.356 e. The van der Waals surface area contributed by atoms with E-state index in [-0.39, 0.29) is 23.8 Å². The number of hydrogen-bond donors (Lipinski definition) is 1. The molecule has 5 heteroatoms. The normalized spacial score (nSPS) is 22.0. The first-order chi connectivity index (χ1) is 11.5. The molecule has 0 aliphatic carbocycles. The van der Waals surface area contributed by atoms with Gasteiger partial charge in [0.2, 0.25) is 5.91 Å². The fourth-order valence-electron chi connectivity index (χ4n) is 2.79. The number of ether oxygens (including phenoxy) is 1. The second-order valence-electron chi connectivity index (χ2n) is 8.40. The van der Waals surface area contributed by atoms with Gasteiger partial charge in [0.05, 0.1) is 6.04 Å². The summed E-state index contributed by atoms with van der Waals surface area (Å²) in [7, 11) is 1.73. The Morgan fingerprint density at radius 2 is 1.80 bits per heavy atom. The molecule has 1 heterocycles. The number of likely N-dealkylation sites (N-methyl/N-ethyl adjacent to an activating group) is 1. The van der Waals surface area contributed by atoms with E-state index in [9.17, 15) is 9.59 Å². The molecule has 2 rings (SSSR count). The third-order valence-electron chi connectivity index (χ3n) is 5.56. The Kier molecular flexibility index (Phi) is 5.28. The van der Waals surface area contributed by atoms with Crippen LogP contribution in [0.5, 0.6) is 0 Å². The second-order valence-corrected chi connectivity index (χ2v) is 8.40. The van der Waals surface area contributed by atoms with Crippen molar-refractivity contribution >= 4 is 11.8 Å². The van der Waals surface area contributed by atoms with Crippen molar-refractivity contribution in [3.63, 3.8) is 0 Å². The third-order valence-corrected chi connectivity index (χ3v) is 5.56. The minimum absolute atomic E-state index is 0.0765. The quantitative estimate of drug-likeness (QED) is 0.915. The molecule has 1 aliphatic rings. The highest BCUT2D eigenvalue weighted by atomic mass is 16.5. The number of nitrogens with one attached hydrogen (secondary N) is 1. The zero-order valence-corrected chi connectivity index (χ0v) is 16.3. The van der Waals surface area contributed by atoms with Crippen molar-refractivity contribution in [1.82, 2.24) is 10.2 Å². The van der Waals surface area contributed by atoms with E-state index in [1.165, 1.54) is 0 Å². The van der Waals surface area contributed by atoms with Crippen LogP contribution in [0.1, 0.15) is 51.8 Å². The van der Waals surface area contributed by atoms with Crippen molar-refractivity contribution in [2.75, 3.05) is 13.7 Å². The first-order valence-corrected chi connectivity index (χ1v) is 8.70. The minimum atomic E-state index is -0.731. The molecule has 0 radical (unpaired) electrons. The molecule has 0 aromatic heterocycles. The molecule has 1 aliphatic heterocycles. The van der Waals surface area contributed by atoms with Crippen LogP contribution in [0.4, 0.5) is 0 Å². The van der Waals surface area contributed by atoms with Gasteiger partial charge in [-0.25, -0.2) is 0 Å². The number of rotatable bonds is 3. The van der Waals surface area contributed by atoms with Gasteiger partial charge in [0.25, 0.3) is 5.91 Å². The predicted octanol–water partition coefficient (Wildman–Crippen LogP) is 2.83. The summed E-state index contributed by atoms with van der Waals surface area (Å²) in [6.07, 6.45) is -0.731. The van der Waals surface area contributed by atoms with Crippen molar-refractivity contribution < 1.29 is 14.3 Å². The average Bonchev–Trinajstić information content (AvgIpc) is 2.49. The Labute approximate surface area is 150 Å². The lowest BCUT2D eigenvalue weighted by molar-refractivity contribution is -0.163. The van der Waals surface area contributed by atoms with Gasteiger partial charge in [-0.3, -0.25) is 9.59 Å². The first kappa shape index (κ1) is 19.4. The summed E-state index contributed by atoms with van der Waals surface area (Å²) >= 11 is 0. The maximum Gasteiger partial charge on any atom is 0.252 e. The van der Waals surface area contributed by atoms with Gasteiger partial charge in [0, 0.05) is 12.6 Å². The molecule has 5 nitrogen and oxygen atoms in total. The molecule has 1 N–H and O–H groups in total. The molecule has 1 saturated heterocycles.